The Balaban J connectivity index is 2.92. The molecule has 5 nitrogen and oxygen atoms in total. The standard InChI is InChI=1S/C7H8N2O3S/c1-8(2)7(10)5-3-4-6(13-5)9(11)12/h3-4H,1-2H3. The number of hydrogen-bond acceptors (Lipinski definition) is 4. The summed E-state index contributed by atoms with van der Waals surface area (Å²) in [6.07, 6.45) is 0. The molecule has 0 saturated carbocycles. The third-order valence-electron chi connectivity index (χ3n) is 1.39. The van der Waals surface area contributed by atoms with Gasteiger partial charge in [-0.05, 0) is 6.07 Å². The number of nitrogens with zero attached hydrogens (tertiary/aromatic N) is 2. The van der Waals surface area contributed by atoms with Gasteiger partial charge in [0.2, 0.25) is 0 Å². The summed E-state index contributed by atoms with van der Waals surface area (Å²) < 4.78 is 0. The second-order valence-electron chi connectivity index (χ2n) is 2.59. The second-order valence-corrected chi connectivity index (χ2v) is 3.66. The highest BCUT2D eigenvalue weighted by Crippen LogP contribution is 2.24. The molecule has 1 aromatic rings. The molecule has 0 aliphatic heterocycles. The summed E-state index contributed by atoms with van der Waals surface area (Å²) in [5.74, 6) is -0.210. The highest BCUT2D eigenvalue weighted by Gasteiger charge is 2.15. The van der Waals surface area contributed by atoms with E-state index in [-0.39, 0.29) is 10.9 Å². The molecule has 0 fully saturated rings. The highest BCUT2D eigenvalue weighted by atomic mass is 32.1. The van der Waals surface area contributed by atoms with Crippen molar-refractivity contribution in [2.24, 2.45) is 0 Å². The van der Waals surface area contributed by atoms with E-state index in [1.807, 2.05) is 0 Å². The predicted octanol–water partition coefficient (Wildman–Crippen LogP) is 1.36. The van der Waals surface area contributed by atoms with Crippen molar-refractivity contribution in [1.82, 2.24) is 4.90 Å². The molecule has 0 spiro atoms. The summed E-state index contributed by atoms with van der Waals surface area (Å²) >= 11 is 0.887. The van der Waals surface area contributed by atoms with Gasteiger partial charge in [0, 0.05) is 20.2 Å². The number of rotatable bonds is 2. The molecule has 1 amide bonds. The van der Waals surface area contributed by atoms with Gasteiger partial charge < -0.3 is 4.90 Å². The van der Waals surface area contributed by atoms with Gasteiger partial charge in [-0.1, -0.05) is 11.3 Å². The minimum absolute atomic E-state index is 0.00907. The van der Waals surface area contributed by atoms with E-state index >= 15 is 0 Å². The fraction of sp³-hybridized carbons (Fsp3) is 0.286. The molecule has 0 N–H and O–H groups in total. The maximum atomic E-state index is 11.3. The van der Waals surface area contributed by atoms with Gasteiger partial charge in [-0.25, -0.2) is 0 Å². The van der Waals surface area contributed by atoms with Crippen LogP contribution in [0.3, 0.4) is 0 Å². The molecule has 1 heterocycles. The first kappa shape index (κ1) is 9.66. The Morgan fingerprint density at radius 2 is 2.15 bits per heavy atom. The molecule has 0 atom stereocenters. The summed E-state index contributed by atoms with van der Waals surface area (Å²) in [5, 5.41) is 10.3. The molecule has 6 heteroatoms. The molecule has 0 unspecified atom stereocenters. The van der Waals surface area contributed by atoms with E-state index < -0.39 is 4.92 Å². The SMILES string of the molecule is CN(C)C(=O)c1ccc([N+](=O)[O-])s1. The van der Waals surface area contributed by atoms with E-state index in [0.29, 0.717) is 4.88 Å². The fourth-order valence-corrected chi connectivity index (χ4v) is 1.60. The number of nitro groups is 1. The van der Waals surface area contributed by atoms with Crippen LogP contribution in [-0.4, -0.2) is 29.8 Å². The lowest BCUT2D eigenvalue weighted by atomic mass is 10.4. The molecular formula is C7H8N2O3S. The van der Waals surface area contributed by atoms with Gasteiger partial charge in [-0.2, -0.15) is 0 Å². The molecule has 1 rings (SSSR count). The first-order valence-electron chi connectivity index (χ1n) is 3.48. The lowest BCUT2D eigenvalue weighted by molar-refractivity contribution is -0.380. The lowest BCUT2D eigenvalue weighted by Crippen LogP contribution is -2.20. The summed E-state index contributed by atoms with van der Waals surface area (Å²) in [4.78, 5) is 22.9. The molecule has 13 heavy (non-hydrogen) atoms. The number of carbonyl (C=O) groups is 1. The molecule has 0 aliphatic carbocycles. The summed E-state index contributed by atoms with van der Waals surface area (Å²) in [7, 11) is 3.21. The van der Waals surface area contributed by atoms with Crippen molar-refractivity contribution in [3.63, 3.8) is 0 Å². The normalized spacial score (nSPS) is 9.69. The topological polar surface area (TPSA) is 63.5 Å². The number of thiophene rings is 1. The Labute approximate surface area is 78.7 Å². The van der Waals surface area contributed by atoms with Crippen LogP contribution < -0.4 is 0 Å². The van der Waals surface area contributed by atoms with Gasteiger partial charge in [0.05, 0.1) is 9.80 Å². The highest BCUT2D eigenvalue weighted by molar-refractivity contribution is 7.17. The third-order valence-corrected chi connectivity index (χ3v) is 2.41. The van der Waals surface area contributed by atoms with Crippen LogP contribution >= 0.6 is 11.3 Å². The summed E-state index contributed by atoms with van der Waals surface area (Å²) in [6.45, 7) is 0. The minimum atomic E-state index is -0.503. The van der Waals surface area contributed by atoms with Gasteiger partial charge in [0.1, 0.15) is 0 Å². The van der Waals surface area contributed by atoms with E-state index in [2.05, 4.69) is 0 Å². The first-order valence-corrected chi connectivity index (χ1v) is 4.30. The zero-order valence-corrected chi connectivity index (χ0v) is 8.00. The molecule has 0 radical (unpaired) electrons. The van der Waals surface area contributed by atoms with Crippen molar-refractivity contribution in [3.8, 4) is 0 Å². The van der Waals surface area contributed by atoms with Crippen LogP contribution in [0.4, 0.5) is 5.00 Å². The van der Waals surface area contributed by atoms with Crippen LogP contribution in [0, 0.1) is 10.1 Å². The van der Waals surface area contributed by atoms with Gasteiger partial charge >= 0.3 is 5.00 Å². The average Bonchev–Trinajstić information content (AvgIpc) is 2.50. The Bertz CT molecular complexity index is 345. The van der Waals surface area contributed by atoms with Crippen LogP contribution in [0.25, 0.3) is 0 Å². The fourth-order valence-electron chi connectivity index (χ4n) is 0.761. The van der Waals surface area contributed by atoms with Crippen LogP contribution in [-0.2, 0) is 0 Å². The van der Waals surface area contributed by atoms with Gasteiger partial charge in [0.15, 0.2) is 0 Å². The number of carbonyl (C=O) groups excluding carboxylic acids is 1. The average molecular weight is 200 g/mol. The first-order chi connectivity index (χ1) is 6.02. The smallest absolute Gasteiger partial charge is 0.324 e. The van der Waals surface area contributed by atoms with Crippen molar-refractivity contribution >= 4 is 22.2 Å². The van der Waals surface area contributed by atoms with E-state index in [0.717, 1.165) is 11.3 Å². The van der Waals surface area contributed by atoms with Crippen LogP contribution in [0.2, 0.25) is 0 Å². The molecule has 0 saturated heterocycles. The summed E-state index contributed by atoms with van der Waals surface area (Å²) in [6, 6.07) is 2.80. The number of hydrogen-bond donors (Lipinski definition) is 0. The van der Waals surface area contributed by atoms with Crippen LogP contribution in [0.5, 0.6) is 0 Å². The molecular weight excluding hydrogens is 192 g/mol. The minimum Gasteiger partial charge on any atom is -0.344 e. The molecule has 0 bridgehead atoms. The Morgan fingerprint density at radius 1 is 1.54 bits per heavy atom. The Hall–Kier alpha value is -1.43. The van der Waals surface area contributed by atoms with Gasteiger partial charge in [0.25, 0.3) is 5.91 Å². The zero-order chi connectivity index (χ0) is 10.0. The second kappa shape index (κ2) is 3.53. The van der Waals surface area contributed by atoms with E-state index in [1.54, 1.807) is 14.1 Å². The maximum Gasteiger partial charge on any atom is 0.324 e. The quantitative estimate of drug-likeness (QED) is 0.534. The van der Waals surface area contributed by atoms with Crippen molar-refractivity contribution in [1.29, 1.82) is 0 Å². The van der Waals surface area contributed by atoms with E-state index in [9.17, 15) is 14.9 Å². The third kappa shape index (κ3) is 2.03. The van der Waals surface area contributed by atoms with Crippen molar-refractivity contribution in [2.75, 3.05) is 14.1 Å². The van der Waals surface area contributed by atoms with Crippen LogP contribution in [0.15, 0.2) is 12.1 Å². The monoisotopic (exact) mass is 200 g/mol. The molecule has 0 aromatic carbocycles. The Morgan fingerprint density at radius 3 is 2.54 bits per heavy atom. The molecule has 0 aliphatic rings. The van der Waals surface area contributed by atoms with Crippen molar-refractivity contribution < 1.29 is 9.72 Å². The van der Waals surface area contributed by atoms with Gasteiger partial charge in [-0.3, -0.25) is 14.9 Å². The van der Waals surface area contributed by atoms with Crippen molar-refractivity contribution in [2.45, 2.75) is 0 Å². The molecule has 1 aromatic heterocycles. The zero-order valence-electron chi connectivity index (χ0n) is 7.18. The maximum absolute atomic E-state index is 11.3. The van der Waals surface area contributed by atoms with Crippen LogP contribution in [0.1, 0.15) is 9.67 Å². The van der Waals surface area contributed by atoms with Crippen molar-refractivity contribution in [3.05, 3.63) is 27.1 Å². The van der Waals surface area contributed by atoms with Gasteiger partial charge in [-0.15, -0.1) is 0 Å². The predicted molar refractivity (Wildman–Crippen MR) is 49.0 cm³/mol. The van der Waals surface area contributed by atoms with E-state index in [1.165, 1.54) is 17.0 Å². The lowest BCUT2D eigenvalue weighted by Gasteiger charge is -2.06. The largest absolute Gasteiger partial charge is 0.344 e. The van der Waals surface area contributed by atoms with E-state index in [4.69, 9.17) is 0 Å². The molecule has 70 valence electrons. The number of amides is 1. The summed E-state index contributed by atoms with van der Waals surface area (Å²) in [5.41, 5.74) is 0. The Kier molecular flexibility index (Phi) is 2.62.